The van der Waals surface area contributed by atoms with Gasteiger partial charge < -0.3 is 0 Å². The lowest BCUT2D eigenvalue weighted by Crippen LogP contribution is -1.98. The van der Waals surface area contributed by atoms with Crippen LogP contribution in [0.1, 0.15) is 21.8 Å². The molecule has 0 aliphatic heterocycles. The molecule has 0 fully saturated rings. The van der Waals surface area contributed by atoms with Crippen LogP contribution in [0, 0.1) is 13.8 Å². The van der Waals surface area contributed by atoms with Gasteiger partial charge in [0.25, 0.3) is 0 Å². The topological polar surface area (TPSA) is 17.8 Å². The molecule has 0 saturated carbocycles. The van der Waals surface area contributed by atoms with E-state index in [1.165, 1.54) is 0 Å². The maximum absolute atomic E-state index is 5.93. The third-order valence-electron chi connectivity index (χ3n) is 2.57. The van der Waals surface area contributed by atoms with E-state index in [0.717, 1.165) is 22.6 Å². The number of aromatic nitrogens is 2. The van der Waals surface area contributed by atoms with E-state index in [1.807, 2.05) is 48.9 Å². The zero-order chi connectivity index (χ0) is 11.7. The summed E-state index contributed by atoms with van der Waals surface area (Å²) in [5.41, 5.74) is 3.77. The summed E-state index contributed by atoms with van der Waals surface area (Å²) in [7, 11) is 0. The Bertz CT molecular complexity index is 489. The van der Waals surface area contributed by atoms with Crippen molar-refractivity contribution in [2.45, 2.75) is 18.7 Å². The van der Waals surface area contributed by atoms with Crippen LogP contribution >= 0.6 is 23.2 Å². The summed E-state index contributed by atoms with van der Waals surface area (Å²) in [6, 6.07) is 9.93. The maximum atomic E-state index is 5.93. The zero-order valence-corrected chi connectivity index (χ0v) is 10.6. The highest BCUT2D eigenvalue weighted by Crippen LogP contribution is 2.31. The van der Waals surface area contributed by atoms with Crippen molar-refractivity contribution in [2.24, 2.45) is 0 Å². The van der Waals surface area contributed by atoms with E-state index in [1.54, 1.807) is 0 Å². The van der Waals surface area contributed by atoms with Crippen LogP contribution in [-0.2, 0) is 0 Å². The number of alkyl halides is 2. The number of halogens is 2. The second-order valence-electron chi connectivity index (χ2n) is 3.63. The number of hydrogen-bond acceptors (Lipinski definition) is 1. The summed E-state index contributed by atoms with van der Waals surface area (Å²) >= 11 is 11.9. The fourth-order valence-corrected chi connectivity index (χ4v) is 2.42. The summed E-state index contributed by atoms with van der Waals surface area (Å²) in [6.07, 6.45) is 0. The molecule has 0 unspecified atom stereocenters. The lowest BCUT2D eigenvalue weighted by atomic mass is 10.2. The van der Waals surface area contributed by atoms with Gasteiger partial charge in [-0.05, 0) is 26.0 Å². The molecule has 0 aliphatic carbocycles. The average molecular weight is 255 g/mol. The first-order valence-electron chi connectivity index (χ1n) is 5.01. The highest BCUT2D eigenvalue weighted by atomic mass is 35.5. The van der Waals surface area contributed by atoms with Crippen molar-refractivity contribution in [3.8, 4) is 5.69 Å². The molecule has 2 nitrogen and oxygen atoms in total. The predicted octanol–water partition coefficient (Wildman–Crippen LogP) is 3.97. The minimum absolute atomic E-state index is 0.530. The van der Waals surface area contributed by atoms with Gasteiger partial charge in [0.2, 0.25) is 0 Å². The highest BCUT2D eigenvalue weighted by Gasteiger charge is 2.17. The molecule has 0 N–H and O–H groups in total. The quantitative estimate of drug-likeness (QED) is 0.742. The number of aryl methyl sites for hydroxylation is 1. The van der Waals surface area contributed by atoms with E-state index in [0.29, 0.717) is 0 Å². The minimum atomic E-state index is -0.530. The minimum Gasteiger partial charge on any atom is -0.237 e. The normalized spacial score (nSPS) is 11.1. The molecule has 0 spiro atoms. The first kappa shape index (κ1) is 11.5. The van der Waals surface area contributed by atoms with E-state index < -0.39 is 4.84 Å². The molecule has 84 valence electrons. The average Bonchev–Trinajstić information content (AvgIpc) is 2.55. The zero-order valence-electron chi connectivity index (χ0n) is 9.11. The van der Waals surface area contributed by atoms with Crippen molar-refractivity contribution in [1.82, 2.24) is 9.78 Å². The molecule has 0 atom stereocenters. The summed E-state index contributed by atoms with van der Waals surface area (Å²) in [4.78, 5) is -0.530. The molecule has 2 rings (SSSR count). The van der Waals surface area contributed by atoms with E-state index >= 15 is 0 Å². The standard InChI is InChI=1S/C12H12Cl2N2/c1-8-11(12(13)14)9(2)16(15-8)10-6-4-3-5-7-10/h3-7,12H,1-2H3. The molecule has 2 aromatic rings. The molecular weight excluding hydrogens is 243 g/mol. The maximum Gasteiger partial charge on any atom is 0.136 e. The SMILES string of the molecule is Cc1nn(-c2ccccc2)c(C)c1C(Cl)Cl. The first-order valence-corrected chi connectivity index (χ1v) is 5.88. The molecule has 1 heterocycles. The fraction of sp³-hybridized carbons (Fsp3) is 0.250. The second-order valence-corrected chi connectivity index (χ2v) is 4.73. The van der Waals surface area contributed by atoms with Crippen LogP contribution in [0.15, 0.2) is 30.3 Å². The summed E-state index contributed by atoms with van der Waals surface area (Å²) in [5.74, 6) is 0. The second kappa shape index (κ2) is 4.48. The predicted molar refractivity (Wildman–Crippen MR) is 67.5 cm³/mol. The van der Waals surface area contributed by atoms with Gasteiger partial charge in [0.15, 0.2) is 0 Å². The Balaban J connectivity index is 2.56. The molecule has 0 bridgehead atoms. The number of para-hydroxylation sites is 1. The van der Waals surface area contributed by atoms with Gasteiger partial charge in [-0.2, -0.15) is 5.10 Å². The van der Waals surface area contributed by atoms with Crippen LogP contribution in [-0.4, -0.2) is 9.78 Å². The fourth-order valence-electron chi connectivity index (χ4n) is 1.79. The molecule has 0 aliphatic rings. The van der Waals surface area contributed by atoms with Crippen LogP contribution in [0.5, 0.6) is 0 Å². The van der Waals surface area contributed by atoms with Crippen LogP contribution in [0.4, 0.5) is 0 Å². The van der Waals surface area contributed by atoms with Gasteiger partial charge in [-0.1, -0.05) is 41.4 Å². The molecule has 0 radical (unpaired) electrons. The largest absolute Gasteiger partial charge is 0.237 e. The van der Waals surface area contributed by atoms with Crippen molar-refractivity contribution >= 4 is 23.2 Å². The third kappa shape index (κ3) is 1.95. The van der Waals surface area contributed by atoms with E-state index in [9.17, 15) is 0 Å². The Morgan fingerprint density at radius 3 is 2.25 bits per heavy atom. The Morgan fingerprint density at radius 1 is 1.12 bits per heavy atom. The van der Waals surface area contributed by atoms with E-state index in [2.05, 4.69) is 5.10 Å². The van der Waals surface area contributed by atoms with Crippen molar-refractivity contribution in [3.05, 3.63) is 47.3 Å². The van der Waals surface area contributed by atoms with E-state index in [4.69, 9.17) is 23.2 Å². The van der Waals surface area contributed by atoms with Gasteiger partial charge in [-0.15, -0.1) is 0 Å². The summed E-state index contributed by atoms with van der Waals surface area (Å²) in [6.45, 7) is 3.89. The molecule has 4 heteroatoms. The van der Waals surface area contributed by atoms with Gasteiger partial charge in [0.05, 0.1) is 11.4 Å². The molecule has 1 aromatic carbocycles. The summed E-state index contributed by atoms with van der Waals surface area (Å²) in [5, 5.41) is 4.45. The van der Waals surface area contributed by atoms with Gasteiger partial charge in [-0.25, -0.2) is 4.68 Å². The number of benzene rings is 1. The number of hydrogen-bond donors (Lipinski definition) is 0. The van der Waals surface area contributed by atoms with Gasteiger partial charge in [0.1, 0.15) is 4.84 Å². The Hall–Kier alpha value is -0.990. The van der Waals surface area contributed by atoms with Gasteiger partial charge in [0, 0.05) is 11.3 Å². The van der Waals surface area contributed by atoms with Crippen molar-refractivity contribution in [1.29, 1.82) is 0 Å². The van der Waals surface area contributed by atoms with Crippen molar-refractivity contribution in [2.75, 3.05) is 0 Å². The van der Waals surface area contributed by atoms with E-state index in [-0.39, 0.29) is 0 Å². The smallest absolute Gasteiger partial charge is 0.136 e. The Labute approximate surface area is 105 Å². The number of nitrogens with zero attached hydrogens (tertiary/aromatic N) is 2. The van der Waals surface area contributed by atoms with Crippen LogP contribution in [0.3, 0.4) is 0 Å². The summed E-state index contributed by atoms with van der Waals surface area (Å²) < 4.78 is 1.86. The molecule has 0 amide bonds. The van der Waals surface area contributed by atoms with Crippen LogP contribution in [0.25, 0.3) is 5.69 Å². The molecule has 0 saturated heterocycles. The highest BCUT2D eigenvalue weighted by molar-refractivity contribution is 6.44. The van der Waals surface area contributed by atoms with Crippen LogP contribution in [0.2, 0.25) is 0 Å². The van der Waals surface area contributed by atoms with Crippen molar-refractivity contribution in [3.63, 3.8) is 0 Å². The third-order valence-corrected chi connectivity index (χ3v) is 3.00. The lowest BCUT2D eigenvalue weighted by molar-refractivity contribution is 0.833. The molecule has 1 aromatic heterocycles. The Kier molecular flexibility index (Phi) is 3.22. The van der Waals surface area contributed by atoms with Gasteiger partial charge in [-0.3, -0.25) is 0 Å². The Morgan fingerprint density at radius 2 is 1.75 bits per heavy atom. The first-order chi connectivity index (χ1) is 7.61. The number of rotatable bonds is 2. The molecule has 16 heavy (non-hydrogen) atoms. The van der Waals surface area contributed by atoms with Crippen LogP contribution < -0.4 is 0 Å². The monoisotopic (exact) mass is 254 g/mol. The van der Waals surface area contributed by atoms with Crippen molar-refractivity contribution < 1.29 is 0 Å². The van der Waals surface area contributed by atoms with Gasteiger partial charge >= 0.3 is 0 Å². The lowest BCUT2D eigenvalue weighted by Gasteiger charge is -2.05. The molecular formula is C12H12Cl2N2.